The Kier molecular flexibility index (Phi) is 5.43. The standard InChI is InChI=1S/C16H26N6OS/c1-15(2,3)13-19-20-14(22(13)18)24-10-12(23)21(4)16(11-17)8-6-5-7-9-16/h5-10,18H2,1-4H3. The van der Waals surface area contributed by atoms with E-state index < -0.39 is 5.54 Å². The third-order valence-corrected chi connectivity index (χ3v) is 5.49. The molecule has 0 spiro atoms. The van der Waals surface area contributed by atoms with E-state index >= 15 is 0 Å². The van der Waals surface area contributed by atoms with Crippen molar-refractivity contribution >= 4 is 17.7 Å². The average Bonchev–Trinajstić information content (AvgIpc) is 2.93. The number of carbonyl (C=O) groups excluding carboxylic acids is 1. The van der Waals surface area contributed by atoms with Gasteiger partial charge < -0.3 is 10.7 Å². The van der Waals surface area contributed by atoms with Crippen LogP contribution < -0.4 is 5.84 Å². The second-order valence-corrected chi connectivity index (χ2v) is 8.31. The van der Waals surface area contributed by atoms with Crippen molar-refractivity contribution in [3.8, 4) is 6.07 Å². The van der Waals surface area contributed by atoms with Crippen LogP contribution in [0.1, 0.15) is 58.7 Å². The highest BCUT2D eigenvalue weighted by atomic mass is 32.2. The Bertz CT molecular complexity index is 636. The fourth-order valence-corrected chi connectivity index (χ4v) is 3.78. The number of nitriles is 1. The Morgan fingerprint density at radius 3 is 2.50 bits per heavy atom. The molecule has 7 nitrogen and oxygen atoms in total. The van der Waals surface area contributed by atoms with Crippen LogP contribution in [0.2, 0.25) is 0 Å². The largest absolute Gasteiger partial charge is 0.336 e. The molecule has 0 radical (unpaired) electrons. The fraction of sp³-hybridized carbons (Fsp3) is 0.750. The van der Waals surface area contributed by atoms with E-state index in [1.807, 2.05) is 20.8 Å². The zero-order valence-corrected chi connectivity index (χ0v) is 15.7. The summed E-state index contributed by atoms with van der Waals surface area (Å²) < 4.78 is 1.44. The molecule has 0 bridgehead atoms. The van der Waals surface area contributed by atoms with Gasteiger partial charge in [-0.3, -0.25) is 4.79 Å². The van der Waals surface area contributed by atoms with Crippen molar-refractivity contribution in [3.63, 3.8) is 0 Å². The van der Waals surface area contributed by atoms with Gasteiger partial charge in [-0.25, -0.2) is 4.68 Å². The highest BCUT2D eigenvalue weighted by molar-refractivity contribution is 7.99. The van der Waals surface area contributed by atoms with Crippen LogP contribution in [0.25, 0.3) is 0 Å². The van der Waals surface area contributed by atoms with Crippen LogP contribution >= 0.6 is 11.8 Å². The predicted molar refractivity (Wildman–Crippen MR) is 93.8 cm³/mol. The number of aromatic nitrogens is 3. The van der Waals surface area contributed by atoms with E-state index in [1.54, 1.807) is 11.9 Å². The molecule has 2 rings (SSSR count). The summed E-state index contributed by atoms with van der Waals surface area (Å²) in [6.07, 6.45) is 4.61. The SMILES string of the molecule is CN(C(=O)CSc1nnc(C(C)(C)C)n1N)C1(C#N)CCCCC1. The van der Waals surface area contributed by atoms with E-state index in [9.17, 15) is 10.1 Å². The van der Waals surface area contributed by atoms with E-state index in [-0.39, 0.29) is 17.1 Å². The van der Waals surface area contributed by atoms with Gasteiger partial charge in [0.2, 0.25) is 11.1 Å². The number of amides is 1. The van der Waals surface area contributed by atoms with Crippen LogP contribution in [0.3, 0.4) is 0 Å². The number of hydrogen-bond acceptors (Lipinski definition) is 6. The molecule has 1 fully saturated rings. The third kappa shape index (κ3) is 3.66. The minimum absolute atomic E-state index is 0.0799. The topological polar surface area (TPSA) is 101 Å². The maximum Gasteiger partial charge on any atom is 0.234 e. The van der Waals surface area contributed by atoms with Crippen LogP contribution in [0.4, 0.5) is 0 Å². The molecule has 0 unspecified atom stereocenters. The summed E-state index contributed by atoms with van der Waals surface area (Å²) in [5.41, 5.74) is -0.878. The smallest absolute Gasteiger partial charge is 0.234 e. The second kappa shape index (κ2) is 7.01. The van der Waals surface area contributed by atoms with Crippen LogP contribution in [0.5, 0.6) is 0 Å². The summed E-state index contributed by atoms with van der Waals surface area (Å²) in [4.78, 5) is 14.2. The Hall–Kier alpha value is -1.75. The van der Waals surface area contributed by atoms with Crippen molar-refractivity contribution in [3.05, 3.63) is 5.82 Å². The van der Waals surface area contributed by atoms with Crippen LogP contribution in [-0.2, 0) is 10.2 Å². The zero-order chi connectivity index (χ0) is 18.0. The molecule has 1 aromatic rings. The summed E-state index contributed by atoms with van der Waals surface area (Å²) >= 11 is 1.26. The molecule has 1 aliphatic carbocycles. The van der Waals surface area contributed by atoms with Gasteiger partial charge in [-0.1, -0.05) is 51.8 Å². The zero-order valence-electron chi connectivity index (χ0n) is 14.9. The summed E-state index contributed by atoms with van der Waals surface area (Å²) in [5.74, 6) is 6.83. The highest BCUT2D eigenvalue weighted by Gasteiger charge is 2.38. The number of thioether (sulfide) groups is 1. The molecule has 1 saturated carbocycles. The van der Waals surface area contributed by atoms with Crippen LogP contribution in [0, 0.1) is 11.3 Å². The van der Waals surface area contributed by atoms with E-state index in [1.165, 1.54) is 16.4 Å². The first-order valence-electron chi connectivity index (χ1n) is 8.23. The number of nitrogen functional groups attached to an aromatic ring is 1. The Balaban J connectivity index is 2.03. The summed E-state index contributed by atoms with van der Waals surface area (Å²) in [6, 6.07) is 2.37. The molecule has 1 heterocycles. The van der Waals surface area contributed by atoms with Gasteiger partial charge >= 0.3 is 0 Å². The Morgan fingerprint density at radius 2 is 2.00 bits per heavy atom. The number of rotatable bonds is 4. The van der Waals surface area contributed by atoms with Gasteiger partial charge in [-0.2, -0.15) is 5.26 Å². The maximum absolute atomic E-state index is 12.6. The summed E-state index contributed by atoms with van der Waals surface area (Å²) in [7, 11) is 1.73. The molecule has 2 N–H and O–H groups in total. The molecule has 0 aliphatic heterocycles. The second-order valence-electron chi connectivity index (χ2n) is 7.37. The van der Waals surface area contributed by atoms with E-state index in [4.69, 9.17) is 5.84 Å². The predicted octanol–water partition coefficient (Wildman–Crippen LogP) is 2.07. The first kappa shape index (κ1) is 18.6. The van der Waals surface area contributed by atoms with Gasteiger partial charge in [0, 0.05) is 12.5 Å². The fourth-order valence-electron chi connectivity index (χ4n) is 3.01. The van der Waals surface area contributed by atoms with Crippen LogP contribution in [-0.4, -0.2) is 44.0 Å². The lowest BCUT2D eigenvalue weighted by molar-refractivity contribution is -0.131. The summed E-state index contributed by atoms with van der Waals surface area (Å²) in [5, 5.41) is 18.3. The first-order chi connectivity index (χ1) is 11.2. The highest BCUT2D eigenvalue weighted by Crippen LogP contribution is 2.33. The Morgan fingerprint density at radius 1 is 1.38 bits per heavy atom. The monoisotopic (exact) mass is 350 g/mol. The van der Waals surface area contributed by atoms with Crippen molar-refractivity contribution < 1.29 is 4.79 Å². The molecular weight excluding hydrogens is 324 g/mol. The normalized spacial score (nSPS) is 17.3. The molecule has 0 saturated heterocycles. The number of carbonyl (C=O) groups is 1. The van der Waals surface area contributed by atoms with Gasteiger partial charge in [-0.15, -0.1) is 10.2 Å². The molecule has 0 aromatic carbocycles. The average molecular weight is 350 g/mol. The van der Waals surface area contributed by atoms with Gasteiger partial charge in [0.25, 0.3) is 0 Å². The van der Waals surface area contributed by atoms with Crippen LogP contribution in [0.15, 0.2) is 5.16 Å². The van der Waals surface area contributed by atoms with Gasteiger partial charge in [-0.05, 0) is 12.8 Å². The lowest BCUT2D eigenvalue weighted by Crippen LogP contribution is -2.50. The Labute approximate surface area is 147 Å². The van der Waals surface area contributed by atoms with Gasteiger partial charge in [0.15, 0.2) is 5.82 Å². The third-order valence-electron chi connectivity index (χ3n) is 4.57. The van der Waals surface area contributed by atoms with Gasteiger partial charge in [0.05, 0.1) is 11.8 Å². The van der Waals surface area contributed by atoms with Crippen molar-refractivity contribution in [1.82, 2.24) is 19.8 Å². The number of nitrogens with two attached hydrogens (primary N) is 1. The molecule has 0 atom stereocenters. The molecule has 1 aromatic heterocycles. The van der Waals surface area contributed by atoms with E-state index in [2.05, 4.69) is 16.3 Å². The summed E-state index contributed by atoms with van der Waals surface area (Å²) in [6.45, 7) is 6.02. The first-order valence-corrected chi connectivity index (χ1v) is 9.21. The number of hydrogen-bond donors (Lipinski definition) is 1. The lowest BCUT2D eigenvalue weighted by atomic mass is 9.81. The maximum atomic E-state index is 12.6. The van der Waals surface area contributed by atoms with Crippen molar-refractivity contribution in [2.75, 3.05) is 18.6 Å². The lowest BCUT2D eigenvalue weighted by Gasteiger charge is -2.39. The molecule has 1 amide bonds. The minimum Gasteiger partial charge on any atom is -0.336 e. The molecule has 24 heavy (non-hydrogen) atoms. The molecular formula is C16H26N6OS. The molecule has 1 aliphatic rings. The van der Waals surface area contributed by atoms with Crippen molar-refractivity contribution in [2.45, 2.75) is 69.0 Å². The molecule has 8 heteroatoms. The van der Waals surface area contributed by atoms with E-state index in [0.29, 0.717) is 11.0 Å². The van der Waals surface area contributed by atoms with Crippen molar-refractivity contribution in [2.24, 2.45) is 0 Å². The number of nitrogens with zero attached hydrogens (tertiary/aromatic N) is 5. The van der Waals surface area contributed by atoms with Crippen molar-refractivity contribution in [1.29, 1.82) is 5.26 Å². The van der Waals surface area contributed by atoms with Gasteiger partial charge in [0.1, 0.15) is 5.54 Å². The molecule has 132 valence electrons. The quantitative estimate of drug-likeness (QED) is 0.659. The van der Waals surface area contributed by atoms with E-state index in [0.717, 1.165) is 32.1 Å². The minimum atomic E-state index is -0.664.